The van der Waals surface area contributed by atoms with Crippen LogP contribution in [0.4, 0.5) is 0 Å². The molecule has 0 atom stereocenters. The van der Waals surface area contributed by atoms with E-state index in [1.807, 2.05) is 0 Å². The van der Waals surface area contributed by atoms with E-state index in [0.29, 0.717) is 5.16 Å². The molecule has 0 aliphatic heterocycles. The Bertz CT molecular complexity index is 476. The topological polar surface area (TPSA) is 128 Å². The highest BCUT2D eigenvalue weighted by Gasteiger charge is 2.12. The van der Waals surface area contributed by atoms with Crippen molar-refractivity contribution in [1.29, 1.82) is 0 Å². The molecule has 2 amide bonds. The molecule has 11 heteroatoms. The van der Waals surface area contributed by atoms with Gasteiger partial charge in [-0.15, -0.1) is 5.10 Å². The summed E-state index contributed by atoms with van der Waals surface area (Å²) in [4.78, 5) is 33.0. The third-order valence-electron chi connectivity index (χ3n) is 1.72. The van der Waals surface area contributed by atoms with Crippen molar-refractivity contribution in [2.45, 2.75) is 18.6 Å². The van der Waals surface area contributed by atoms with Gasteiger partial charge in [-0.2, -0.15) is 0 Å². The summed E-state index contributed by atoms with van der Waals surface area (Å²) in [7, 11) is 1.25. The van der Waals surface area contributed by atoms with Crippen LogP contribution in [-0.4, -0.2) is 50.9 Å². The van der Waals surface area contributed by atoms with Crippen molar-refractivity contribution >= 4 is 29.5 Å². The van der Waals surface area contributed by atoms with E-state index in [2.05, 4.69) is 31.1 Å². The maximum absolute atomic E-state index is 11.3. The monoisotopic (exact) mass is 288 g/mol. The first-order valence-corrected chi connectivity index (χ1v) is 6.02. The molecule has 0 saturated heterocycles. The predicted octanol–water partition coefficient (Wildman–Crippen LogP) is -1.89. The third-order valence-corrected chi connectivity index (χ3v) is 2.67. The van der Waals surface area contributed by atoms with E-state index in [-0.39, 0.29) is 18.2 Å². The van der Waals surface area contributed by atoms with Crippen LogP contribution in [0.25, 0.3) is 0 Å². The van der Waals surface area contributed by atoms with E-state index in [9.17, 15) is 14.4 Å². The Kier molecular flexibility index (Phi) is 5.73. The maximum atomic E-state index is 11.3. The minimum Gasteiger partial charge on any atom is -0.468 e. The Hall–Kier alpha value is -2.17. The van der Waals surface area contributed by atoms with Gasteiger partial charge in [-0.3, -0.25) is 25.2 Å². The van der Waals surface area contributed by atoms with Gasteiger partial charge in [-0.05, 0) is 10.4 Å². The molecule has 0 fully saturated rings. The zero-order valence-electron chi connectivity index (χ0n) is 10.2. The second-order valence-electron chi connectivity index (χ2n) is 3.21. The normalized spacial score (nSPS) is 9.79. The van der Waals surface area contributed by atoms with Gasteiger partial charge in [0.05, 0.1) is 12.9 Å². The highest BCUT2D eigenvalue weighted by molar-refractivity contribution is 7.99. The van der Waals surface area contributed by atoms with Crippen LogP contribution in [0, 0.1) is 0 Å². The molecule has 1 rings (SSSR count). The van der Waals surface area contributed by atoms with Gasteiger partial charge in [0.2, 0.25) is 17.0 Å². The first kappa shape index (κ1) is 14.9. The molecule has 1 aromatic rings. The van der Waals surface area contributed by atoms with Gasteiger partial charge in [0.1, 0.15) is 6.54 Å². The highest BCUT2D eigenvalue weighted by Crippen LogP contribution is 2.12. The van der Waals surface area contributed by atoms with E-state index in [4.69, 9.17) is 0 Å². The number of carbonyl (C=O) groups excluding carboxylic acids is 3. The summed E-state index contributed by atoms with van der Waals surface area (Å²) in [6, 6.07) is 0. The molecule has 0 radical (unpaired) electrons. The lowest BCUT2D eigenvalue weighted by Gasteiger charge is -2.04. The van der Waals surface area contributed by atoms with Crippen molar-refractivity contribution in [2.75, 3.05) is 12.9 Å². The summed E-state index contributed by atoms with van der Waals surface area (Å²) in [6.07, 6.45) is 0. The lowest BCUT2D eigenvalue weighted by Crippen LogP contribution is -2.41. The van der Waals surface area contributed by atoms with Crippen molar-refractivity contribution in [1.82, 2.24) is 31.1 Å². The Morgan fingerprint density at radius 1 is 1.37 bits per heavy atom. The van der Waals surface area contributed by atoms with Crippen molar-refractivity contribution < 1.29 is 19.1 Å². The molecular weight excluding hydrogens is 276 g/mol. The van der Waals surface area contributed by atoms with Gasteiger partial charge in [0.25, 0.3) is 0 Å². The van der Waals surface area contributed by atoms with Crippen LogP contribution in [0.15, 0.2) is 5.16 Å². The first-order chi connectivity index (χ1) is 9.02. The van der Waals surface area contributed by atoms with Crippen LogP contribution in [0.1, 0.15) is 6.92 Å². The van der Waals surface area contributed by atoms with Gasteiger partial charge < -0.3 is 4.74 Å². The number of hydrazine groups is 1. The maximum Gasteiger partial charge on any atom is 0.327 e. The summed E-state index contributed by atoms with van der Waals surface area (Å²) in [5.41, 5.74) is 4.33. The number of ether oxygens (including phenoxy) is 1. The fraction of sp³-hybridized carbons (Fsp3) is 0.500. The molecule has 1 heterocycles. The molecule has 0 bridgehead atoms. The Balaban J connectivity index is 2.45. The number of methoxy groups -OCH3 is 1. The standard InChI is InChI=1S/C8H12N6O4S/c1-5(15)9-10-6(16)4-19-8-11-12-13-14(8)3-7(17)18-2/h3-4H2,1-2H3,(H,9,15)(H,10,16). The predicted molar refractivity (Wildman–Crippen MR) is 62.5 cm³/mol. The number of amides is 2. The van der Waals surface area contributed by atoms with E-state index >= 15 is 0 Å². The van der Waals surface area contributed by atoms with Crippen LogP contribution in [0.2, 0.25) is 0 Å². The Morgan fingerprint density at radius 2 is 2.11 bits per heavy atom. The van der Waals surface area contributed by atoms with Crippen LogP contribution in [0.5, 0.6) is 0 Å². The fourth-order valence-corrected chi connectivity index (χ4v) is 1.59. The second kappa shape index (κ2) is 7.31. The number of thioether (sulfide) groups is 1. The summed E-state index contributed by atoms with van der Waals surface area (Å²) < 4.78 is 5.69. The summed E-state index contributed by atoms with van der Waals surface area (Å²) in [5.74, 6) is -1.32. The number of nitrogens with zero attached hydrogens (tertiary/aromatic N) is 4. The van der Waals surface area contributed by atoms with Gasteiger partial charge in [-0.1, -0.05) is 11.8 Å². The van der Waals surface area contributed by atoms with Crippen molar-refractivity contribution in [3.63, 3.8) is 0 Å². The van der Waals surface area contributed by atoms with Gasteiger partial charge in [0.15, 0.2) is 0 Å². The number of tetrazole rings is 1. The molecule has 0 aromatic carbocycles. The van der Waals surface area contributed by atoms with E-state index < -0.39 is 11.9 Å². The van der Waals surface area contributed by atoms with Crippen LogP contribution in [-0.2, 0) is 25.7 Å². The first-order valence-electron chi connectivity index (χ1n) is 5.04. The molecule has 1 aromatic heterocycles. The minimum absolute atomic E-state index is 0.0121. The molecule has 2 N–H and O–H groups in total. The van der Waals surface area contributed by atoms with Crippen molar-refractivity contribution in [3.8, 4) is 0 Å². The SMILES string of the molecule is COC(=O)Cn1nnnc1SCC(=O)NNC(C)=O. The van der Waals surface area contributed by atoms with Gasteiger partial charge in [-0.25, -0.2) is 4.68 Å². The number of hydrogen-bond acceptors (Lipinski definition) is 8. The number of esters is 1. The third kappa shape index (κ3) is 5.33. The Morgan fingerprint density at radius 3 is 2.74 bits per heavy atom. The van der Waals surface area contributed by atoms with Crippen molar-refractivity contribution in [2.24, 2.45) is 0 Å². The van der Waals surface area contributed by atoms with E-state index in [1.54, 1.807) is 0 Å². The quantitative estimate of drug-likeness (QED) is 0.365. The Labute approximate surface area is 112 Å². The molecule has 10 nitrogen and oxygen atoms in total. The smallest absolute Gasteiger partial charge is 0.327 e. The van der Waals surface area contributed by atoms with Crippen LogP contribution in [0.3, 0.4) is 0 Å². The second-order valence-corrected chi connectivity index (χ2v) is 4.16. The van der Waals surface area contributed by atoms with E-state index in [0.717, 1.165) is 11.8 Å². The zero-order valence-corrected chi connectivity index (χ0v) is 11.1. The lowest BCUT2D eigenvalue weighted by molar-refractivity contribution is -0.141. The lowest BCUT2D eigenvalue weighted by atomic mass is 10.7. The number of hydrogen-bond donors (Lipinski definition) is 2. The van der Waals surface area contributed by atoms with Crippen molar-refractivity contribution in [3.05, 3.63) is 0 Å². The minimum atomic E-state index is -0.503. The molecule has 0 spiro atoms. The number of rotatable bonds is 5. The zero-order chi connectivity index (χ0) is 14.3. The molecule has 19 heavy (non-hydrogen) atoms. The summed E-state index contributed by atoms with van der Waals surface area (Å²) >= 11 is 1.02. The van der Waals surface area contributed by atoms with Gasteiger partial charge >= 0.3 is 5.97 Å². The van der Waals surface area contributed by atoms with Gasteiger partial charge in [0, 0.05) is 6.92 Å². The van der Waals surface area contributed by atoms with E-state index in [1.165, 1.54) is 18.7 Å². The molecule has 104 valence electrons. The summed E-state index contributed by atoms with van der Waals surface area (Å²) in [6.45, 7) is 1.13. The number of nitrogens with one attached hydrogen (secondary N) is 2. The largest absolute Gasteiger partial charge is 0.468 e. The average Bonchev–Trinajstić information content (AvgIpc) is 2.81. The highest BCUT2D eigenvalue weighted by atomic mass is 32.2. The van der Waals surface area contributed by atoms with Crippen LogP contribution < -0.4 is 10.9 Å². The summed E-state index contributed by atoms with van der Waals surface area (Å²) in [5, 5.41) is 10.9. The number of carbonyl (C=O) groups is 3. The molecular formula is C8H12N6O4S. The molecule has 0 aliphatic rings. The fourth-order valence-electron chi connectivity index (χ4n) is 0.910. The average molecular weight is 288 g/mol. The molecule has 0 unspecified atom stereocenters. The van der Waals surface area contributed by atoms with Crippen LogP contribution >= 0.6 is 11.8 Å². The molecule has 0 aliphatic carbocycles. The molecule has 0 saturated carbocycles. The number of aromatic nitrogens is 4.